The van der Waals surface area contributed by atoms with Crippen LogP contribution in [0.5, 0.6) is 0 Å². The number of hydrogen-bond donors (Lipinski definition) is 1. The first-order valence-electron chi connectivity index (χ1n) is 7.70. The Labute approximate surface area is 122 Å². The van der Waals surface area contributed by atoms with Gasteiger partial charge in [-0.05, 0) is 49.8 Å². The van der Waals surface area contributed by atoms with Crippen molar-refractivity contribution in [1.29, 1.82) is 0 Å². The molecule has 2 heteroatoms. The number of rotatable bonds is 4. The monoisotopic (exact) mass is 279 g/mol. The van der Waals surface area contributed by atoms with Gasteiger partial charge in [-0.3, -0.25) is 0 Å². The molecule has 0 radical (unpaired) electrons. The van der Waals surface area contributed by atoms with Crippen molar-refractivity contribution in [3.8, 4) is 0 Å². The summed E-state index contributed by atoms with van der Waals surface area (Å²) in [6.07, 6.45) is 8.16. The van der Waals surface area contributed by atoms with Gasteiger partial charge in [-0.2, -0.15) is 0 Å². The normalized spacial score (nSPS) is 25.8. The standard InChI is InChI=1S/C17H26ClN/c1-3-14-6-4-9-17(11-10-14)19-13(2)15-7-5-8-16(18)12-15/h5,7-8,12-14,17,19H,3-4,6,9-11H2,1-2H3/t13-,14?,17?/m1/s1. The van der Waals surface area contributed by atoms with Gasteiger partial charge in [-0.25, -0.2) is 0 Å². The summed E-state index contributed by atoms with van der Waals surface area (Å²) in [7, 11) is 0. The first kappa shape index (κ1) is 14.9. The van der Waals surface area contributed by atoms with Gasteiger partial charge in [-0.1, -0.05) is 49.9 Å². The fourth-order valence-corrected chi connectivity index (χ4v) is 3.38. The molecule has 0 saturated heterocycles. The predicted octanol–water partition coefficient (Wildman–Crippen LogP) is 5.35. The van der Waals surface area contributed by atoms with Gasteiger partial charge in [0, 0.05) is 17.1 Å². The van der Waals surface area contributed by atoms with E-state index in [4.69, 9.17) is 11.6 Å². The average Bonchev–Trinajstić information content (AvgIpc) is 2.64. The molecular weight excluding hydrogens is 254 g/mol. The van der Waals surface area contributed by atoms with Crippen LogP contribution in [0.1, 0.15) is 64.0 Å². The highest BCUT2D eigenvalue weighted by atomic mass is 35.5. The van der Waals surface area contributed by atoms with Crippen molar-refractivity contribution in [3.63, 3.8) is 0 Å². The molecule has 19 heavy (non-hydrogen) atoms. The Hall–Kier alpha value is -0.530. The third-order valence-electron chi connectivity index (χ3n) is 4.50. The summed E-state index contributed by atoms with van der Waals surface area (Å²) >= 11 is 6.07. The molecule has 2 rings (SSSR count). The minimum atomic E-state index is 0.391. The largest absolute Gasteiger partial charge is 0.307 e. The van der Waals surface area contributed by atoms with Gasteiger partial charge in [0.25, 0.3) is 0 Å². The zero-order chi connectivity index (χ0) is 13.7. The van der Waals surface area contributed by atoms with Gasteiger partial charge >= 0.3 is 0 Å². The summed E-state index contributed by atoms with van der Waals surface area (Å²) in [5, 5.41) is 4.62. The van der Waals surface area contributed by atoms with Crippen LogP contribution >= 0.6 is 11.6 Å². The Morgan fingerprint density at radius 1 is 1.26 bits per heavy atom. The van der Waals surface area contributed by atoms with Gasteiger partial charge < -0.3 is 5.32 Å². The van der Waals surface area contributed by atoms with Crippen molar-refractivity contribution in [2.24, 2.45) is 5.92 Å². The lowest BCUT2D eigenvalue weighted by atomic mass is 9.97. The lowest BCUT2D eigenvalue weighted by Crippen LogP contribution is -2.31. The van der Waals surface area contributed by atoms with Crippen molar-refractivity contribution >= 4 is 11.6 Å². The van der Waals surface area contributed by atoms with Gasteiger partial charge in [0.2, 0.25) is 0 Å². The molecule has 1 fully saturated rings. The smallest absolute Gasteiger partial charge is 0.0409 e. The molecule has 1 aromatic carbocycles. The van der Waals surface area contributed by atoms with E-state index in [1.54, 1.807) is 0 Å². The molecule has 1 N–H and O–H groups in total. The van der Waals surface area contributed by atoms with E-state index < -0.39 is 0 Å². The van der Waals surface area contributed by atoms with Gasteiger partial charge in [-0.15, -0.1) is 0 Å². The molecule has 0 heterocycles. The van der Waals surface area contributed by atoms with E-state index in [-0.39, 0.29) is 0 Å². The van der Waals surface area contributed by atoms with Gasteiger partial charge in [0.1, 0.15) is 0 Å². The van der Waals surface area contributed by atoms with Crippen LogP contribution in [-0.4, -0.2) is 6.04 Å². The SMILES string of the molecule is CCC1CCCC(N[C@H](C)c2cccc(Cl)c2)CC1. The molecule has 0 amide bonds. The molecule has 1 aliphatic rings. The highest BCUT2D eigenvalue weighted by Crippen LogP contribution is 2.27. The third-order valence-corrected chi connectivity index (χ3v) is 4.74. The third kappa shape index (κ3) is 4.50. The fourth-order valence-electron chi connectivity index (χ4n) is 3.18. The second-order valence-electron chi connectivity index (χ2n) is 5.92. The first-order chi connectivity index (χ1) is 9.19. The molecular formula is C17H26ClN. The minimum Gasteiger partial charge on any atom is -0.307 e. The van der Waals surface area contributed by atoms with Crippen molar-refractivity contribution < 1.29 is 0 Å². The lowest BCUT2D eigenvalue weighted by Gasteiger charge is -2.22. The maximum absolute atomic E-state index is 6.07. The number of halogens is 1. The van der Waals surface area contributed by atoms with E-state index in [1.165, 1.54) is 44.1 Å². The van der Waals surface area contributed by atoms with Crippen molar-refractivity contribution in [1.82, 2.24) is 5.32 Å². The topological polar surface area (TPSA) is 12.0 Å². The molecule has 3 atom stereocenters. The summed E-state index contributed by atoms with van der Waals surface area (Å²) in [5.74, 6) is 0.952. The molecule has 0 aromatic heterocycles. The quantitative estimate of drug-likeness (QED) is 0.733. The van der Waals surface area contributed by atoms with Crippen LogP contribution in [-0.2, 0) is 0 Å². The molecule has 1 nitrogen and oxygen atoms in total. The van der Waals surface area contributed by atoms with E-state index in [1.807, 2.05) is 12.1 Å². The summed E-state index contributed by atoms with van der Waals surface area (Å²) in [4.78, 5) is 0. The van der Waals surface area contributed by atoms with Crippen LogP contribution in [0.3, 0.4) is 0 Å². The van der Waals surface area contributed by atoms with Crippen LogP contribution in [0.25, 0.3) is 0 Å². The summed E-state index contributed by atoms with van der Waals surface area (Å²) in [6.45, 7) is 4.57. The second kappa shape index (κ2) is 7.31. The van der Waals surface area contributed by atoms with Crippen molar-refractivity contribution in [2.45, 2.75) is 64.5 Å². The molecule has 0 spiro atoms. The molecule has 1 saturated carbocycles. The lowest BCUT2D eigenvalue weighted by molar-refractivity contribution is 0.400. The Balaban J connectivity index is 1.90. The van der Waals surface area contributed by atoms with E-state index in [0.29, 0.717) is 12.1 Å². The molecule has 0 bridgehead atoms. The average molecular weight is 280 g/mol. The number of nitrogens with one attached hydrogen (secondary N) is 1. The summed E-state index contributed by atoms with van der Waals surface area (Å²) in [6, 6.07) is 9.28. The number of hydrogen-bond acceptors (Lipinski definition) is 1. The van der Waals surface area contributed by atoms with Crippen LogP contribution in [0.15, 0.2) is 24.3 Å². The molecule has 2 unspecified atom stereocenters. The fraction of sp³-hybridized carbons (Fsp3) is 0.647. The van der Waals surface area contributed by atoms with Crippen LogP contribution in [0, 0.1) is 5.92 Å². The Morgan fingerprint density at radius 2 is 2.11 bits per heavy atom. The molecule has 106 valence electrons. The summed E-state index contributed by atoms with van der Waals surface area (Å²) in [5.41, 5.74) is 1.30. The maximum atomic E-state index is 6.07. The van der Waals surface area contributed by atoms with E-state index >= 15 is 0 Å². The van der Waals surface area contributed by atoms with E-state index in [2.05, 4.69) is 31.3 Å². The maximum Gasteiger partial charge on any atom is 0.0409 e. The van der Waals surface area contributed by atoms with Crippen LogP contribution in [0.2, 0.25) is 5.02 Å². The van der Waals surface area contributed by atoms with Gasteiger partial charge in [0.15, 0.2) is 0 Å². The Kier molecular flexibility index (Phi) is 5.72. The van der Waals surface area contributed by atoms with E-state index in [0.717, 1.165) is 10.9 Å². The molecule has 0 aliphatic heterocycles. The van der Waals surface area contributed by atoms with Gasteiger partial charge in [0.05, 0.1) is 0 Å². The zero-order valence-corrected chi connectivity index (χ0v) is 12.9. The second-order valence-corrected chi connectivity index (χ2v) is 6.36. The summed E-state index contributed by atoms with van der Waals surface area (Å²) < 4.78 is 0. The minimum absolute atomic E-state index is 0.391. The molecule has 1 aromatic rings. The highest BCUT2D eigenvalue weighted by Gasteiger charge is 2.19. The number of benzene rings is 1. The van der Waals surface area contributed by atoms with Crippen LogP contribution in [0.4, 0.5) is 0 Å². The Morgan fingerprint density at radius 3 is 2.84 bits per heavy atom. The zero-order valence-electron chi connectivity index (χ0n) is 12.2. The van der Waals surface area contributed by atoms with E-state index in [9.17, 15) is 0 Å². The van der Waals surface area contributed by atoms with Crippen molar-refractivity contribution in [3.05, 3.63) is 34.9 Å². The molecule has 1 aliphatic carbocycles. The first-order valence-corrected chi connectivity index (χ1v) is 8.08. The highest BCUT2D eigenvalue weighted by molar-refractivity contribution is 6.30. The Bertz CT molecular complexity index is 391. The predicted molar refractivity (Wildman–Crippen MR) is 83.7 cm³/mol. The van der Waals surface area contributed by atoms with Crippen LogP contribution < -0.4 is 5.32 Å². The van der Waals surface area contributed by atoms with Crippen molar-refractivity contribution in [2.75, 3.05) is 0 Å².